The van der Waals surface area contributed by atoms with Gasteiger partial charge in [0.05, 0.1) is 11.6 Å². The lowest BCUT2D eigenvalue weighted by Crippen LogP contribution is -2.54. The van der Waals surface area contributed by atoms with E-state index in [9.17, 15) is 18.0 Å². The molecule has 2 saturated heterocycles. The van der Waals surface area contributed by atoms with Gasteiger partial charge in [0.2, 0.25) is 5.95 Å². The van der Waals surface area contributed by atoms with Crippen molar-refractivity contribution < 1.29 is 22.7 Å². The van der Waals surface area contributed by atoms with Gasteiger partial charge in [-0.1, -0.05) is 26.0 Å². The molecule has 3 fully saturated rings. The maximum absolute atomic E-state index is 13.0. The van der Waals surface area contributed by atoms with Gasteiger partial charge in [0.1, 0.15) is 5.69 Å². The quantitative estimate of drug-likeness (QED) is 0.447. The predicted molar refractivity (Wildman–Crippen MR) is 124 cm³/mol. The van der Waals surface area contributed by atoms with Crippen molar-refractivity contribution in [3.8, 4) is 11.1 Å². The highest BCUT2D eigenvalue weighted by Crippen LogP contribution is 2.56. The second-order valence-electron chi connectivity index (χ2n) is 10.1. The first-order valence-corrected chi connectivity index (χ1v) is 11.4. The molecule has 35 heavy (non-hydrogen) atoms. The molecule has 1 N–H and O–H groups in total. The number of pyridine rings is 1. The maximum Gasteiger partial charge on any atom is 0.433 e. The summed E-state index contributed by atoms with van der Waals surface area (Å²) in [6.07, 6.45) is 0.548. The highest BCUT2D eigenvalue weighted by Gasteiger charge is 2.57. The summed E-state index contributed by atoms with van der Waals surface area (Å²) >= 11 is 0. The van der Waals surface area contributed by atoms with E-state index in [-0.39, 0.29) is 23.3 Å². The van der Waals surface area contributed by atoms with Gasteiger partial charge in [0.15, 0.2) is 5.60 Å². The summed E-state index contributed by atoms with van der Waals surface area (Å²) in [4.78, 5) is 24.7. The van der Waals surface area contributed by atoms with E-state index in [0.717, 1.165) is 53.9 Å². The summed E-state index contributed by atoms with van der Waals surface area (Å²) in [5, 5.41) is 2.86. The van der Waals surface area contributed by atoms with E-state index in [1.54, 1.807) is 18.3 Å². The van der Waals surface area contributed by atoms with Crippen LogP contribution >= 0.6 is 0 Å². The highest BCUT2D eigenvalue weighted by molar-refractivity contribution is 5.76. The second-order valence-corrected chi connectivity index (χ2v) is 10.1. The highest BCUT2D eigenvalue weighted by atomic mass is 19.4. The lowest BCUT2D eigenvalue weighted by Gasteiger charge is -2.53. The van der Waals surface area contributed by atoms with Crippen LogP contribution < -0.4 is 5.32 Å². The van der Waals surface area contributed by atoms with E-state index in [2.05, 4.69) is 34.1 Å². The third-order valence-electron chi connectivity index (χ3n) is 6.94. The Kier molecular flexibility index (Phi) is 5.34. The van der Waals surface area contributed by atoms with E-state index in [4.69, 9.17) is 4.74 Å². The molecule has 2 bridgehead atoms. The molecule has 3 aliphatic rings. The average Bonchev–Trinajstić information content (AvgIpc) is 2.78. The van der Waals surface area contributed by atoms with Crippen molar-refractivity contribution in [3.05, 3.63) is 65.7 Å². The monoisotopic (exact) mass is 482 g/mol. The van der Waals surface area contributed by atoms with Gasteiger partial charge in [0.25, 0.3) is 0 Å². The third-order valence-corrected chi connectivity index (χ3v) is 6.94. The number of hydrogen-bond donors (Lipinski definition) is 1. The van der Waals surface area contributed by atoms with E-state index in [1.165, 1.54) is 0 Å². The molecule has 4 heterocycles. The molecular formula is C26H25F3N4O2. The van der Waals surface area contributed by atoms with Crippen molar-refractivity contribution >= 4 is 17.6 Å². The normalized spacial score (nSPS) is 23.1. The SMILES string of the molecule is Cc1cc(Nc2nccc(C(F)(F)F)n2)cc(-c2ccc([C@@]34CC[C@@H](C(=O)O3)C(C)(C)C4)nc2)c1. The fourth-order valence-corrected chi connectivity index (χ4v) is 5.34. The first-order valence-electron chi connectivity index (χ1n) is 11.4. The molecule has 1 aromatic carbocycles. The molecule has 0 radical (unpaired) electrons. The Morgan fingerprint density at radius 3 is 2.54 bits per heavy atom. The molecule has 1 aliphatic carbocycles. The van der Waals surface area contributed by atoms with Crippen LogP contribution in [0.25, 0.3) is 11.1 Å². The standard InChI is InChI=1S/C26H25F3N4O2/c1-15-10-17(12-18(11-15)32-23-30-9-7-21(33-23)26(27,28)29)16-4-5-20(31-13-16)25-8-6-19(22(34)35-25)24(2,3)14-25/h4-5,7,9-13,19H,6,8,14H2,1-3H3,(H,30,32,33)/t19-,25-/m0/s1. The van der Waals surface area contributed by atoms with Crippen molar-refractivity contribution in [1.29, 1.82) is 0 Å². The van der Waals surface area contributed by atoms with Crippen molar-refractivity contribution in [2.75, 3.05) is 5.32 Å². The largest absolute Gasteiger partial charge is 0.452 e. The van der Waals surface area contributed by atoms with Crippen LogP contribution in [-0.4, -0.2) is 20.9 Å². The van der Waals surface area contributed by atoms with Crippen molar-refractivity contribution in [3.63, 3.8) is 0 Å². The van der Waals surface area contributed by atoms with Crippen molar-refractivity contribution in [2.45, 2.75) is 51.8 Å². The van der Waals surface area contributed by atoms with Crippen LogP contribution in [0, 0.1) is 18.3 Å². The Morgan fingerprint density at radius 2 is 1.89 bits per heavy atom. The van der Waals surface area contributed by atoms with Crippen LogP contribution in [0.2, 0.25) is 0 Å². The van der Waals surface area contributed by atoms with Gasteiger partial charge in [-0.05, 0) is 67.0 Å². The minimum Gasteiger partial charge on any atom is -0.452 e. The molecule has 2 aliphatic heterocycles. The molecule has 6 nitrogen and oxygen atoms in total. The van der Waals surface area contributed by atoms with Gasteiger partial charge in [-0.15, -0.1) is 0 Å². The number of ether oxygens (including phenoxy) is 1. The van der Waals surface area contributed by atoms with Crippen LogP contribution in [0.5, 0.6) is 0 Å². The summed E-state index contributed by atoms with van der Waals surface area (Å²) in [6, 6.07) is 10.2. The number of aryl methyl sites for hydroxylation is 1. The van der Waals surface area contributed by atoms with E-state index in [0.29, 0.717) is 5.69 Å². The minimum atomic E-state index is -4.55. The number of carbonyl (C=O) groups excluding carboxylic acids is 1. The number of nitrogens with zero attached hydrogens (tertiary/aromatic N) is 3. The molecule has 9 heteroatoms. The summed E-state index contributed by atoms with van der Waals surface area (Å²) in [5.74, 6) is -0.353. The van der Waals surface area contributed by atoms with Crippen molar-refractivity contribution in [1.82, 2.24) is 15.0 Å². The van der Waals surface area contributed by atoms with E-state index >= 15 is 0 Å². The Labute approximate surface area is 201 Å². The van der Waals surface area contributed by atoms with E-state index < -0.39 is 17.5 Å². The average molecular weight is 483 g/mol. The number of fused-ring (bicyclic) bond motifs is 3. The molecule has 2 aromatic heterocycles. The van der Waals surface area contributed by atoms with Gasteiger partial charge in [0, 0.05) is 23.6 Å². The maximum atomic E-state index is 13.0. The van der Waals surface area contributed by atoms with Crippen LogP contribution in [0.4, 0.5) is 24.8 Å². The molecule has 1 saturated carbocycles. The zero-order valence-electron chi connectivity index (χ0n) is 19.6. The fourth-order valence-electron chi connectivity index (χ4n) is 5.34. The van der Waals surface area contributed by atoms with Crippen LogP contribution in [-0.2, 0) is 21.3 Å². The number of hydrogen-bond acceptors (Lipinski definition) is 6. The Hall–Kier alpha value is -3.49. The number of anilines is 2. The molecule has 0 amide bonds. The van der Waals surface area contributed by atoms with Gasteiger partial charge in [-0.25, -0.2) is 9.97 Å². The molecule has 2 atom stereocenters. The Morgan fingerprint density at radius 1 is 1.09 bits per heavy atom. The Balaban J connectivity index is 1.41. The lowest BCUT2D eigenvalue weighted by atomic mass is 9.60. The number of alkyl halides is 3. The molecule has 0 unspecified atom stereocenters. The minimum absolute atomic E-state index is 0.0670. The number of halogens is 3. The number of aromatic nitrogens is 3. The first-order chi connectivity index (χ1) is 16.5. The smallest absolute Gasteiger partial charge is 0.433 e. The third kappa shape index (κ3) is 4.35. The lowest BCUT2D eigenvalue weighted by molar-refractivity contribution is -0.210. The number of rotatable bonds is 4. The second kappa shape index (κ2) is 8.03. The number of nitrogens with one attached hydrogen (secondary N) is 1. The van der Waals surface area contributed by atoms with Crippen LogP contribution in [0.1, 0.15) is 50.1 Å². The summed E-state index contributed by atoms with van der Waals surface area (Å²) < 4.78 is 44.8. The summed E-state index contributed by atoms with van der Waals surface area (Å²) in [7, 11) is 0. The summed E-state index contributed by atoms with van der Waals surface area (Å²) in [6.45, 7) is 6.11. The van der Waals surface area contributed by atoms with Crippen molar-refractivity contribution in [2.24, 2.45) is 11.3 Å². The topological polar surface area (TPSA) is 77.0 Å². The predicted octanol–water partition coefficient (Wildman–Crippen LogP) is 6.19. The molecule has 3 aromatic rings. The zero-order valence-corrected chi connectivity index (χ0v) is 19.6. The molecular weight excluding hydrogens is 457 g/mol. The number of carbonyl (C=O) groups is 1. The Bertz CT molecular complexity index is 1290. The number of esters is 1. The zero-order chi connectivity index (χ0) is 25.0. The first kappa shape index (κ1) is 23.3. The van der Waals surface area contributed by atoms with Gasteiger partial charge in [-0.2, -0.15) is 13.2 Å². The molecule has 182 valence electrons. The fraction of sp³-hybridized carbons (Fsp3) is 0.385. The van der Waals surface area contributed by atoms with E-state index in [1.807, 2.05) is 25.1 Å². The summed E-state index contributed by atoms with van der Waals surface area (Å²) in [5.41, 5.74) is 2.01. The van der Waals surface area contributed by atoms with Crippen LogP contribution in [0.15, 0.2) is 48.8 Å². The van der Waals surface area contributed by atoms with Gasteiger partial charge in [-0.3, -0.25) is 9.78 Å². The van der Waals surface area contributed by atoms with Crippen LogP contribution in [0.3, 0.4) is 0 Å². The number of benzene rings is 1. The van der Waals surface area contributed by atoms with Gasteiger partial charge < -0.3 is 10.1 Å². The molecule has 6 rings (SSSR count). The van der Waals surface area contributed by atoms with Gasteiger partial charge >= 0.3 is 12.1 Å². The molecule has 0 spiro atoms.